The summed E-state index contributed by atoms with van der Waals surface area (Å²) in [5.74, 6) is -2.62. The van der Waals surface area contributed by atoms with Gasteiger partial charge in [-0.15, -0.1) is 0 Å². The molecule has 25 heteroatoms. The molecule has 0 radical (unpaired) electrons. The third-order valence-corrected chi connectivity index (χ3v) is 17.1. The maximum absolute atomic E-state index is 14.5. The first kappa shape index (κ1) is 59.7. The van der Waals surface area contributed by atoms with Gasteiger partial charge in [-0.3, -0.25) is 47.4 Å². The van der Waals surface area contributed by atoms with Crippen molar-refractivity contribution in [1.29, 1.82) is 0 Å². The van der Waals surface area contributed by atoms with Crippen LogP contribution in [-0.2, 0) is 69.1 Å². The summed E-state index contributed by atoms with van der Waals surface area (Å²) in [6.07, 6.45) is 4.08. The quantitative estimate of drug-likeness (QED) is 0.0293. The normalized spacial score (nSPS) is 17.9. The van der Waals surface area contributed by atoms with Crippen LogP contribution in [0.4, 0.5) is 28.4 Å². The van der Waals surface area contributed by atoms with Crippen molar-refractivity contribution >= 4 is 85.8 Å². The van der Waals surface area contributed by atoms with Gasteiger partial charge >= 0.3 is 0 Å². The second-order valence-corrected chi connectivity index (χ2v) is 23.1. The Morgan fingerprint density at radius 1 is 0.651 bits per heavy atom. The molecule has 0 saturated carbocycles. The van der Waals surface area contributed by atoms with Crippen molar-refractivity contribution < 1.29 is 69.9 Å². The van der Waals surface area contributed by atoms with Gasteiger partial charge in [0.1, 0.15) is 25.3 Å². The van der Waals surface area contributed by atoms with Crippen molar-refractivity contribution in [1.82, 2.24) is 20.9 Å². The molecule has 0 bridgehead atoms. The lowest BCUT2D eigenvalue weighted by molar-refractivity contribution is -0.137. The molecule has 0 aliphatic carbocycles. The van der Waals surface area contributed by atoms with E-state index in [1.165, 1.54) is 45.1 Å². The van der Waals surface area contributed by atoms with Gasteiger partial charge in [0, 0.05) is 73.8 Å². The number of anilines is 5. The largest absolute Gasteiger partial charge is 0.493 e. The van der Waals surface area contributed by atoms with Gasteiger partial charge in [0.15, 0.2) is 28.4 Å². The van der Waals surface area contributed by atoms with Crippen molar-refractivity contribution in [3.05, 3.63) is 137 Å². The minimum absolute atomic E-state index is 0.0174. The van der Waals surface area contributed by atoms with Crippen molar-refractivity contribution in [2.24, 2.45) is 0 Å². The number of benzene rings is 5. The molecule has 0 fully saturated rings. The summed E-state index contributed by atoms with van der Waals surface area (Å²) in [5, 5.41) is 15.9. The average molecular weight is 1200 g/mol. The number of ether oxygens (including phenoxy) is 4. The van der Waals surface area contributed by atoms with Gasteiger partial charge in [-0.25, -0.2) is 0 Å². The van der Waals surface area contributed by atoms with E-state index in [1.54, 1.807) is 42.5 Å². The van der Waals surface area contributed by atoms with Gasteiger partial charge in [-0.05, 0) is 104 Å². The monoisotopic (exact) mass is 1200 g/mol. The highest BCUT2D eigenvalue weighted by molar-refractivity contribution is 7.87. The third kappa shape index (κ3) is 12.6. The van der Waals surface area contributed by atoms with Crippen LogP contribution < -0.4 is 60.6 Å². The first-order valence-electron chi connectivity index (χ1n) is 28.0. The third-order valence-electron chi connectivity index (χ3n) is 15.6. The highest BCUT2D eigenvalue weighted by Gasteiger charge is 2.48. The number of amides is 8. The molecule has 86 heavy (non-hydrogen) atoms. The molecule has 8 amide bonds. The highest BCUT2D eigenvalue weighted by Crippen LogP contribution is 2.44. The van der Waals surface area contributed by atoms with Gasteiger partial charge in [-0.1, -0.05) is 36.4 Å². The van der Waals surface area contributed by atoms with E-state index in [1.807, 2.05) is 41.3 Å². The van der Waals surface area contributed by atoms with E-state index in [0.29, 0.717) is 65.4 Å². The standard InChI is InChI=1S/C61H65N9O15S/c1-34(64-54(72)17-11-10-16-53(71)62-20-21-68-55(73)18-19-56(68)74)57(75)65-35(2)58(76)66-40-23-36(32-84-51-29-44-42(27-49(51)81-3)60(77)69-41(31-63-44)25-38-12-6-8-14-46(38)69)22-37(24-40)33-85-52-30-45-43(28-50(52)82-4)61(78)70-47-15-9-7-13-39(47)26-48(70)59(67-45)86(79,80)83-5/h6-9,12-15,18-19,22-24,27-30,34-35,41,48,59,63,67H,10-11,16-17,20-21,25-26,31-33H2,1-5H3,(H,62,71)(H,64,72)(H,65,75)(H,66,76)/t34-,35-,41-,48-,59?/m0/s1. The molecule has 0 spiro atoms. The predicted molar refractivity (Wildman–Crippen MR) is 316 cm³/mol. The minimum atomic E-state index is -4.29. The Balaban J connectivity index is 0.834. The van der Waals surface area contributed by atoms with E-state index in [-0.39, 0.29) is 91.9 Å². The number of imide groups is 1. The van der Waals surface area contributed by atoms with Crippen LogP contribution in [0.5, 0.6) is 23.0 Å². The molecule has 0 aromatic heterocycles. The molecule has 5 aliphatic rings. The second kappa shape index (κ2) is 25.4. The van der Waals surface area contributed by atoms with Gasteiger partial charge in [-0.2, -0.15) is 8.42 Å². The number of hydrogen-bond donors (Lipinski definition) is 6. The van der Waals surface area contributed by atoms with Crippen LogP contribution in [0, 0.1) is 0 Å². The van der Waals surface area contributed by atoms with Crippen molar-refractivity contribution in [2.45, 2.75) is 95.1 Å². The molecule has 0 saturated heterocycles. The number of hydrogen-bond acceptors (Lipinski definition) is 17. The maximum Gasteiger partial charge on any atom is 0.290 e. The van der Waals surface area contributed by atoms with Gasteiger partial charge < -0.3 is 60.6 Å². The van der Waals surface area contributed by atoms with Crippen LogP contribution in [0.25, 0.3) is 0 Å². The number of unbranched alkanes of at least 4 members (excludes halogenated alkanes) is 1. The summed E-state index contributed by atoms with van der Waals surface area (Å²) >= 11 is 0. The molecule has 6 N–H and O–H groups in total. The summed E-state index contributed by atoms with van der Waals surface area (Å²) < 4.78 is 56.6. The lowest BCUT2D eigenvalue weighted by atomic mass is 10.1. The van der Waals surface area contributed by atoms with Gasteiger partial charge in [0.05, 0.1) is 55.9 Å². The highest BCUT2D eigenvalue weighted by atomic mass is 32.2. The van der Waals surface area contributed by atoms with Crippen LogP contribution in [0.2, 0.25) is 0 Å². The Hall–Kier alpha value is -9.49. The molecule has 450 valence electrons. The number of nitrogens with one attached hydrogen (secondary N) is 6. The second-order valence-electron chi connectivity index (χ2n) is 21.3. The van der Waals surface area contributed by atoms with E-state index in [9.17, 15) is 46.8 Å². The molecule has 5 heterocycles. The number of methoxy groups -OCH3 is 2. The van der Waals surface area contributed by atoms with E-state index in [2.05, 4.69) is 31.9 Å². The Bertz CT molecular complexity index is 3690. The first-order valence-corrected chi connectivity index (χ1v) is 29.5. The smallest absolute Gasteiger partial charge is 0.290 e. The fourth-order valence-electron chi connectivity index (χ4n) is 11.2. The van der Waals surface area contributed by atoms with Gasteiger partial charge in [0.2, 0.25) is 23.6 Å². The Morgan fingerprint density at radius 2 is 1.21 bits per heavy atom. The predicted octanol–water partition coefficient (Wildman–Crippen LogP) is 4.71. The lowest BCUT2D eigenvalue weighted by Crippen LogP contribution is -2.50. The van der Waals surface area contributed by atoms with E-state index >= 15 is 0 Å². The van der Waals surface area contributed by atoms with Crippen molar-refractivity contribution in [2.75, 3.05) is 66.7 Å². The number of para-hydroxylation sites is 2. The zero-order chi connectivity index (χ0) is 61.0. The topological polar surface area (TPSA) is 299 Å². The molecule has 24 nitrogen and oxygen atoms in total. The molecule has 5 atom stereocenters. The molecular formula is C61H65N9O15S. The summed E-state index contributed by atoms with van der Waals surface area (Å²) in [6.45, 7) is 3.30. The van der Waals surface area contributed by atoms with E-state index in [4.69, 9.17) is 23.1 Å². The number of carbonyl (C=O) groups is 8. The molecule has 5 aromatic rings. The fourth-order valence-corrected chi connectivity index (χ4v) is 12.3. The zero-order valence-corrected chi connectivity index (χ0v) is 48.7. The van der Waals surface area contributed by atoms with Crippen LogP contribution in [-0.4, -0.2) is 131 Å². The average Bonchev–Trinajstić information content (AvgIpc) is 1.66. The number of fused-ring (bicyclic) bond motifs is 8. The van der Waals surface area contributed by atoms with Crippen molar-refractivity contribution in [3.63, 3.8) is 0 Å². The first-order chi connectivity index (χ1) is 41.3. The van der Waals surface area contributed by atoms with Crippen LogP contribution >= 0.6 is 0 Å². The van der Waals surface area contributed by atoms with Crippen molar-refractivity contribution in [3.8, 4) is 23.0 Å². The number of nitrogens with zero attached hydrogens (tertiary/aromatic N) is 3. The zero-order valence-electron chi connectivity index (χ0n) is 47.9. The molecule has 5 aliphatic heterocycles. The molecule has 10 rings (SSSR count). The summed E-state index contributed by atoms with van der Waals surface area (Å²) in [7, 11) is -0.347. The summed E-state index contributed by atoms with van der Waals surface area (Å²) in [6, 6.07) is 23.3. The molecular weight excluding hydrogens is 1130 g/mol. The molecule has 5 aromatic carbocycles. The number of carbonyl (C=O) groups excluding carboxylic acids is 8. The maximum atomic E-state index is 14.5. The van der Waals surface area contributed by atoms with Crippen LogP contribution in [0.15, 0.2) is 103 Å². The summed E-state index contributed by atoms with van der Waals surface area (Å²) in [5.41, 5.74) is 5.88. The van der Waals surface area contributed by atoms with E-state index in [0.717, 1.165) is 41.0 Å². The SMILES string of the molecule is COc1cc2c(cc1OCc1cc(COc3cc4c(cc3OC)C(=O)N3c5ccccc5C[C@H]3C(S(=O)(=O)OC)N4)cc(NC(=O)[C@H](C)NC(=O)[C@H](C)NC(=O)CCCCC(=O)NCCN3C(=O)C=CC3=O)c1)NC[C@@H]1Cc3ccccc3N1C2=O. The Kier molecular flexibility index (Phi) is 17.6. The van der Waals surface area contributed by atoms with Crippen LogP contribution in [0.3, 0.4) is 0 Å². The molecule has 1 unspecified atom stereocenters. The number of rotatable bonds is 23. The minimum Gasteiger partial charge on any atom is -0.493 e. The van der Waals surface area contributed by atoms with Gasteiger partial charge in [0.25, 0.3) is 33.7 Å². The lowest BCUT2D eigenvalue weighted by Gasteiger charge is -2.28. The van der Waals surface area contributed by atoms with Crippen LogP contribution in [0.1, 0.15) is 82.5 Å². The summed E-state index contributed by atoms with van der Waals surface area (Å²) in [4.78, 5) is 109. The Morgan fingerprint density at radius 3 is 1.84 bits per heavy atom. The fraction of sp³-hybridized carbons (Fsp3) is 0.344. The van der Waals surface area contributed by atoms with E-state index < -0.39 is 69.1 Å². The Labute approximate surface area is 496 Å².